The molecule has 0 spiro atoms. The molecule has 1 aromatic carbocycles. The minimum atomic E-state index is -1.82. The van der Waals surface area contributed by atoms with Crippen LogP contribution in [-0.2, 0) is 0 Å². The average Bonchev–Trinajstić information content (AvgIpc) is 2.28. The summed E-state index contributed by atoms with van der Waals surface area (Å²) < 4.78 is 1.85. The third kappa shape index (κ3) is 3.15. The molecule has 0 saturated carbocycles. The van der Waals surface area contributed by atoms with Crippen LogP contribution in [-0.4, -0.2) is 18.4 Å². The van der Waals surface area contributed by atoms with Crippen LogP contribution in [0.5, 0.6) is 0 Å². The van der Waals surface area contributed by atoms with Crippen molar-refractivity contribution in [2.75, 3.05) is 0 Å². The molecular weight excluding hydrogens is 311 g/mol. The zero-order valence-corrected chi connectivity index (χ0v) is 14.4. The fourth-order valence-electron chi connectivity index (χ4n) is 3.16. The summed E-state index contributed by atoms with van der Waals surface area (Å²) in [6.45, 7) is 2.43. The first-order chi connectivity index (χ1) is 7.98. The Morgan fingerprint density at radius 2 is 1.71 bits per heavy atom. The van der Waals surface area contributed by atoms with Crippen molar-refractivity contribution in [1.82, 2.24) is 0 Å². The van der Waals surface area contributed by atoms with E-state index in [4.69, 9.17) is 0 Å². The van der Waals surface area contributed by atoms with Crippen molar-refractivity contribution < 1.29 is 0 Å². The van der Waals surface area contributed by atoms with Crippen molar-refractivity contribution in [3.63, 3.8) is 0 Å². The third-order valence-electron chi connectivity index (χ3n) is 3.93. The summed E-state index contributed by atoms with van der Waals surface area (Å²) in [5.74, 6) is 1.56. The minimum absolute atomic E-state index is 0.753. The molecule has 0 aromatic heterocycles. The van der Waals surface area contributed by atoms with E-state index in [0.717, 1.165) is 11.8 Å². The Kier molecular flexibility index (Phi) is 4.02. The van der Waals surface area contributed by atoms with Gasteiger partial charge in [0.1, 0.15) is 0 Å². The Bertz CT molecular complexity index is 397. The van der Waals surface area contributed by atoms with Crippen LogP contribution in [0, 0.1) is 5.92 Å². The second-order valence-corrected chi connectivity index (χ2v) is 20.9. The molecule has 1 aliphatic rings. The molecule has 1 aromatic rings. The van der Waals surface area contributed by atoms with E-state index in [-0.39, 0.29) is 0 Å². The van der Waals surface area contributed by atoms with Crippen LogP contribution in [0.3, 0.4) is 0 Å². The van der Waals surface area contributed by atoms with Crippen LogP contribution in [0.2, 0.25) is 14.8 Å². The van der Waals surface area contributed by atoms with Crippen LogP contribution in [0.1, 0.15) is 31.2 Å². The van der Waals surface area contributed by atoms with Gasteiger partial charge in [-0.25, -0.2) is 0 Å². The standard InChI is InChI=1S/C13H15.3CH3.Sn/c1-11-6-5-9-13(10-11)12-7-3-2-4-8-12;;;;/h2-5,7-8,11,13H,9-10H2,1H3;3*1H3;. The summed E-state index contributed by atoms with van der Waals surface area (Å²) in [6.07, 6.45) is 5.20. The van der Waals surface area contributed by atoms with Crippen LogP contribution >= 0.6 is 0 Å². The van der Waals surface area contributed by atoms with Crippen molar-refractivity contribution in [2.24, 2.45) is 5.92 Å². The number of rotatable bonds is 2. The summed E-state index contributed by atoms with van der Waals surface area (Å²) in [5, 5.41) is 0. The van der Waals surface area contributed by atoms with Crippen LogP contribution in [0.4, 0.5) is 0 Å². The number of allylic oxidation sites excluding steroid dienone is 2. The molecule has 2 atom stereocenters. The molecule has 2 unspecified atom stereocenters. The first-order valence-corrected chi connectivity index (χ1v) is 16.7. The molecule has 1 heteroatoms. The van der Waals surface area contributed by atoms with Crippen molar-refractivity contribution in [2.45, 2.75) is 40.5 Å². The summed E-state index contributed by atoms with van der Waals surface area (Å²) in [5.41, 5.74) is 1.53. The quantitative estimate of drug-likeness (QED) is 0.667. The molecule has 0 heterocycles. The molecule has 2 rings (SSSR count). The van der Waals surface area contributed by atoms with Gasteiger partial charge < -0.3 is 0 Å². The van der Waals surface area contributed by atoms with Gasteiger partial charge in [0.25, 0.3) is 0 Å². The van der Waals surface area contributed by atoms with Gasteiger partial charge in [-0.1, -0.05) is 0 Å². The summed E-state index contributed by atoms with van der Waals surface area (Å²) in [6, 6.07) is 11.0. The predicted octanol–water partition coefficient (Wildman–Crippen LogP) is 5.00. The monoisotopic (exact) mass is 336 g/mol. The van der Waals surface area contributed by atoms with E-state index in [2.05, 4.69) is 58.2 Å². The van der Waals surface area contributed by atoms with Gasteiger partial charge in [-0.15, -0.1) is 0 Å². The van der Waals surface area contributed by atoms with Gasteiger partial charge >= 0.3 is 110 Å². The Labute approximate surface area is 110 Å². The van der Waals surface area contributed by atoms with Gasteiger partial charge in [-0.05, 0) is 0 Å². The van der Waals surface area contributed by atoms with Gasteiger partial charge in [0.15, 0.2) is 0 Å². The van der Waals surface area contributed by atoms with E-state index < -0.39 is 18.4 Å². The van der Waals surface area contributed by atoms with E-state index >= 15 is 0 Å². The maximum absolute atomic E-state index is 2.59. The fourth-order valence-corrected chi connectivity index (χ4v) is 9.80. The van der Waals surface area contributed by atoms with Crippen LogP contribution in [0.15, 0.2) is 40.0 Å². The molecule has 0 aliphatic heterocycles. The summed E-state index contributed by atoms with van der Waals surface area (Å²) >= 11 is -1.82. The molecule has 17 heavy (non-hydrogen) atoms. The number of benzene rings is 1. The Morgan fingerprint density at radius 1 is 1.06 bits per heavy atom. The molecule has 0 saturated heterocycles. The summed E-state index contributed by atoms with van der Waals surface area (Å²) in [4.78, 5) is 7.62. The topological polar surface area (TPSA) is 0 Å². The molecular formula is C16H24Sn. The summed E-state index contributed by atoms with van der Waals surface area (Å²) in [7, 11) is 0. The maximum atomic E-state index is 2.59. The average molecular weight is 335 g/mol. The first kappa shape index (κ1) is 13.2. The van der Waals surface area contributed by atoms with Crippen molar-refractivity contribution in [1.29, 1.82) is 0 Å². The van der Waals surface area contributed by atoms with Crippen molar-refractivity contribution >= 4 is 18.4 Å². The molecule has 0 nitrogen and oxygen atoms in total. The zero-order chi connectivity index (χ0) is 12.5. The van der Waals surface area contributed by atoms with Gasteiger partial charge in [0, 0.05) is 0 Å². The van der Waals surface area contributed by atoms with Gasteiger partial charge in [-0.3, -0.25) is 0 Å². The van der Waals surface area contributed by atoms with E-state index in [1.807, 2.05) is 3.59 Å². The van der Waals surface area contributed by atoms with E-state index in [1.54, 1.807) is 0 Å². The first-order valence-electron chi connectivity index (χ1n) is 6.74. The number of hydrogen-bond donors (Lipinski definition) is 0. The van der Waals surface area contributed by atoms with Gasteiger partial charge in [0.2, 0.25) is 0 Å². The van der Waals surface area contributed by atoms with Crippen LogP contribution < -0.4 is 0 Å². The van der Waals surface area contributed by atoms with E-state index in [9.17, 15) is 0 Å². The predicted molar refractivity (Wildman–Crippen MR) is 79.0 cm³/mol. The van der Waals surface area contributed by atoms with Gasteiger partial charge in [-0.2, -0.15) is 0 Å². The Morgan fingerprint density at radius 3 is 2.24 bits per heavy atom. The molecule has 1 aliphatic carbocycles. The molecule has 0 fully saturated rings. The van der Waals surface area contributed by atoms with Crippen molar-refractivity contribution in [3.05, 3.63) is 45.6 Å². The SMILES string of the molecule is CC1CC(c2ccccc2)CC=[C]1[Sn]([CH3])([CH3])[CH3]. The molecule has 92 valence electrons. The zero-order valence-electron chi connectivity index (χ0n) is 11.5. The normalized spacial score (nSPS) is 25.5. The Balaban J connectivity index is 2.17. The molecule has 0 bridgehead atoms. The third-order valence-corrected chi connectivity index (χ3v) is 10.9. The fraction of sp³-hybridized carbons (Fsp3) is 0.500. The second kappa shape index (κ2) is 5.17. The van der Waals surface area contributed by atoms with Gasteiger partial charge in [0.05, 0.1) is 0 Å². The Hall–Kier alpha value is -0.241. The van der Waals surface area contributed by atoms with Crippen LogP contribution in [0.25, 0.3) is 0 Å². The molecule has 0 N–H and O–H groups in total. The van der Waals surface area contributed by atoms with Crippen molar-refractivity contribution in [3.8, 4) is 0 Å². The molecule has 0 amide bonds. The number of hydrogen-bond acceptors (Lipinski definition) is 0. The molecule has 0 radical (unpaired) electrons. The van der Waals surface area contributed by atoms with E-state index in [0.29, 0.717) is 0 Å². The van der Waals surface area contributed by atoms with E-state index in [1.165, 1.54) is 18.4 Å². The second-order valence-electron chi connectivity index (χ2n) is 6.39.